The van der Waals surface area contributed by atoms with Crippen molar-refractivity contribution in [3.05, 3.63) is 99.9 Å². The summed E-state index contributed by atoms with van der Waals surface area (Å²) in [6.07, 6.45) is 2.48. The van der Waals surface area contributed by atoms with Crippen molar-refractivity contribution in [3.8, 4) is 11.8 Å². The number of rotatable bonds is 5. The summed E-state index contributed by atoms with van der Waals surface area (Å²) in [5.74, 6) is 5.54. The average molecular weight is 476 g/mol. The number of allylic oxidation sites excluding steroid dienone is 1. The van der Waals surface area contributed by atoms with Gasteiger partial charge in [-0.1, -0.05) is 36.1 Å². The lowest BCUT2D eigenvalue weighted by Gasteiger charge is -2.15. The Morgan fingerprint density at radius 2 is 1.89 bits per heavy atom. The topological polar surface area (TPSA) is 65.8 Å². The van der Waals surface area contributed by atoms with Crippen LogP contribution in [0.4, 0.5) is 18.9 Å². The lowest BCUT2D eigenvalue weighted by molar-refractivity contribution is -0.138. The third kappa shape index (κ3) is 6.90. The van der Waals surface area contributed by atoms with Gasteiger partial charge < -0.3 is 10.7 Å². The van der Waals surface area contributed by atoms with Gasteiger partial charge in [0.1, 0.15) is 0 Å². The zero-order valence-corrected chi connectivity index (χ0v) is 19.5. The van der Waals surface area contributed by atoms with Crippen molar-refractivity contribution in [2.24, 2.45) is 0 Å². The van der Waals surface area contributed by atoms with Crippen molar-refractivity contribution in [2.45, 2.75) is 33.4 Å². The van der Waals surface area contributed by atoms with E-state index in [1.165, 1.54) is 19.1 Å². The Bertz CT molecular complexity index is 1360. The van der Waals surface area contributed by atoms with Gasteiger partial charge >= 0.3 is 6.18 Å². The number of benzene rings is 2. The van der Waals surface area contributed by atoms with Crippen molar-refractivity contribution in [3.63, 3.8) is 0 Å². The SMILES string of the molecule is C/C=C\c1cncc(C#Cc2cc(C(=O)Nc3ccc(CC(C)=N)c(C(F)(F)F)c3)ccc2C)c1. The summed E-state index contributed by atoms with van der Waals surface area (Å²) in [4.78, 5) is 17.0. The minimum absolute atomic E-state index is 0.0103. The van der Waals surface area contributed by atoms with Crippen molar-refractivity contribution >= 4 is 23.4 Å². The number of aryl methyl sites for hydroxylation is 1. The summed E-state index contributed by atoms with van der Waals surface area (Å²) in [5.41, 5.74) is 2.65. The molecule has 3 aromatic rings. The Morgan fingerprint density at radius 1 is 1.11 bits per heavy atom. The Kier molecular flexibility index (Phi) is 7.87. The molecule has 7 heteroatoms. The van der Waals surface area contributed by atoms with Crippen LogP contribution in [0, 0.1) is 24.2 Å². The standard InChI is InChI=1S/C28H24F3N3O/c1-4-5-20-13-21(17-33-16-20)7-9-22-14-24(8-6-18(22)2)27(35)34-25-11-10-23(12-19(3)32)26(15-25)28(29,30)31/h4-6,8,10-11,13-17,32H,12H2,1-3H3,(H,34,35)/b5-4-,32-19?. The van der Waals surface area contributed by atoms with E-state index in [1.807, 2.05) is 32.1 Å². The van der Waals surface area contributed by atoms with E-state index in [2.05, 4.69) is 22.1 Å². The third-order valence-corrected chi connectivity index (χ3v) is 5.09. The molecule has 0 aliphatic rings. The number of halogens is 3. The molecule has 0 radical (unpaired) electrons. The van der Waals surface area contributed by atoms with Crippen molar-refractivity contribution in [2.75, 3.05) is 5.32 Å². The number of carbonyl (C=O) groups excluding carboxylic acids is 1. The van der Waals surface area contributed by atoms with E-state index in [4.69, 9.17) is 5.41 Å². The molecule has 0 saturated carbocycles. The summed E-state index contributed by atoms with van der Waals surface area (Å²) in [6.45, 7) is 5.22. The van der Waals surface area contributed by atoms with Gasteiger partial charge in [-0.3, -0.25) is 9.78 Å². The van der Waals surface area contributed by atoms with Crippen LogP contribution in [0.2, 0.25) is 0 Å². The molecule has 0 bridgehead atoms. The maximum Gasteiger partial charge on any atom is 0.416 e. The summed E-state index contributed by atoms with van der Waals surface area (Å²) >= 11 is 0. The fraction of sp³-hybridized carbons (Fsp3) is 0.179. The zero-order chi connectivity index (χ0) is 25.6. The number of amides is 1. The minimum Gasteiger partial charge on any atom is -0.322 e. The number of hydrogen-bond donors (Lipinski definition) is 2. The van der Waals surface area contributed by atoms with Gasteiger partial charge in [-0.15, -0.1) is 0 Å². The second kappa shape index (κ2) is 10.8. The molecule has 2 N–H and O–H groups in total. The molecule has 4 nitrogen and oxygen atoms in total. The van der Waals surface area contributed by atoms with Crippen LogP contribution >= 0.6 is 0 Å². The summed E-state index contributed by atoms with van der Waals surface area (Å²) < 4.78 is 40.6. The van der Waals surface area contributed by atoms with Gasteiger partial charge in [0, 0.05) is 46.9 Å². The number of carbonyl (C=O) groups is 1. The number of hydrogen-bond acceptors (Lipinski definition) is 3. The highest BCUT2D eigenvalue weighted by Gasteiger charge is 2.33. The molecule has 2 aromatic carbocycles. The van der Waals surface area contributed by atoms with E-state index in [0.29, 0.717) is 5.56 Å². The molecule has 0 unspecified atom stereocenters. The van der Waals surface area contributed by atoms with Crippen molar-refractivity contribution in [1.82, 2.24) is 4.98 Å². The first-order chi connectivity index (χ1) is 16.6. The molecule has 3 rings (SSSR count). The molecule has 1 aromatic heterocycles. The van der Waals surface area contributed by atoms with Gasteiger partial charge in [0.05, 0.1) is 5.56 Å². The molecule has 0 fully saturated rings. The molecule has 178 valence electrons. The lowest BCUT2D eigenvalue weighted by atomic mass is 10.0. The molecule has 1 amide bonds. The van der Waals surface area contributed by atoms with E-state index in [9.17, 15) is 18.0 Å². The van der Waals surface area contributed by atoms with E-state index in [1.54, 1.807) is 30.6 Å². The molecule has 0 atom stereocenters. The summed E-state index contributed by atoms with van der Waals surface area (Å²) in [7, 11) is 0. The van der Waals surface area contributed by atoms with E-state index in [-0.39, 0.29) is 28.9 Å². The second-order valence-electron chi connectivity index (χ2n) is 8.07. The molecular weight excluding hydrogens is 451 g/mol. The second-order valence-corrected chi connectivity index (χ2v) is 8.07. The number of anilines is 1. The van der Waals surface area contributed by atoms with Gasteiger partial charge in [-0.2, -0.15) is 13.2 Å². The largest absolute Gasteiger partial charge is 0.416 e. The summed E-state index contributed by atoms with van der Waals surface area (Å²) in [6, 6.07) is 10.4. The molecule has 0 saturated heterocycles. The van der Waals surface area contributed by atoms with Gasteiger partial charge in [0.25, 0.3) is 5.91 Å². The Labute approximate surface area is 202 Å². The van der Waals surface area contributed by atoms with Crippen LogP contribution in [0.1, 0.15) is 57.6 Å². The monoisotopic (exact) mass is 475 g/mol. The predicted molar refractivity (Wildman–Crippen MR) is 133 cm³/mol. The predicted octanol–water partition coefficient (Wildman–Crippen LogP) is 6.68. The van der Waals surface area contributed by atoms with E-state index >= 15 is 0 Å². The van der Waals surface area contributed by atoms with Crippen LogP contribution in [0.3, 0.4) is 0 Å². The number of nitrogens with one attached hydrogen (secondary N) is 2. The minimum atomic E-state index is -4.60. The maximum atomic E-state index is 13.5. The molecule has 0 aliphatic heterocycles. The van der Waals surface area contributed by atoms with Crippen molar-refractivity contribution < 1.29 is 18.0 Å². The fourth-order valence-corrected chi connectivity index (χ4v) is 3.41. The fourth-order valence-electron chi connectivity index (χ4n) is 3.41. The highest BCUT2D eigenvalue weighted by atomic mass is 19.4. The quantitative estimate of drug-likeness (QED) is 0.319. The van der Waals surface area contributed by atoms with Gasteiger partial charge in [0.2, 0.25) is 0 Å². The van der Waals surface area contributed by atoms with Crippen LogP contribution in [-0.4, -0.2) is 16.6 Å². The van der Waals surface area contributed by atoms with Gasteiger partial charge in [-0.25, -0.2) is 0 Å². The Balaban J connectivity index is 1.86. The van der Waals surface area contributed by atoms with E-state index in [0.717, 1.165) is 22.8 Å². The number of pyridine rings is 1. The third-order valence-electron chi connectivity index (χ3n) is 5.09. The number of aromatic nitrogens is 1. The molecule has 35 heavy (non-hydrogen) atoms. The summed E-state index contributed by atoms with van der Waals surface area (Å²) in [5, 5.41) is 10.0. The van der Waals surface area contributed by atoms with Crippen LogP contribution in [0.15, 0.2) is 60.9 Å². The molecule has 1 heterocycles. The maximum absolute atomic E-state index is 13.5. The Morgan fingerprint density at radius 3 is 2.57 bits per heavy atom. The van der Waals surface area contributed by atoms with Crippen LogP contribution in [0.5, 0.6) is 0 Å². The Hall–Kier alpha value is -4.18. The van der Waals surface area contributed by atoms with Crippen LogP contribution in [0.25, 0.3) is 6.08 Å². The average Bonchev–Trinajstić information content (AvgIpc) is 2.79. The highest BCUT2D eigenvalue weighted by molar-refractivity contribution is 6.04. The normalized spacial score (nSPS) is 11.1. The van der Waals surface area contributed by atoms with E-state index < -0.39 is 17.6 Å². The zero-order valence-electron chi connectivity index (χ0n) is 19.5. The lowest BCUT2D eigenvalue weighted by Crippen LogP contribution is -2.15. The smallest absolute Gasteiger partial charge is 0.322 e. The van der Waals surface area contributed by atoms with Gasteiger partial charge in [0.15, 0.2) is 0 Å². The first-order valence-electron chi connectivity index (χ1n) is 10.8. The number of alkyl halides is 3. The van der Waals surface area contributed by atoms with Gasteiger partial charge in [-0.05, 0) is 67.8 Å². The molecule has 0 aliphatic carbocycles. The molecule has 0 spiro atoms. The van der Waals surface area contributed by atoms with Crippen LogP contribution < -0.4 is 5.32 Å². The first kappa shape index (κ1) is 25.4. The molecular formula is C28H24F3N3O. The van der Waals surface area contributed by atoms with Crippen molar-refractivity contribution in [1.29, 1.82) is 5.41 Å². The number of nitrogens with zero attached hydrogens (tertiary/aromatic N) is 1. The highest BCUT2D eigenvalue weighted by Crippen LogP contribution is 2.34. The first-order valence-corrected chi connectivity index (χ1v) is 10.8. The van der Waals surface area contributed by atoms with Crippen LogP contribution in [-0.2, 0) is 12.6 Å².